The summed E-state index contributed by atoms with van der Waals surface area (Å²) in [6.45, 7) is 4.67. The summed E-state index contributed by atoms with van der Waals surface area (Å²) in [4.78, 5) is 2.66. The fraction of sp³-hybridized carbons (Fsp3) is 0.375. The summed E-state index contributed by atoms with van der Waals surface area (Å²) in [6.07, 6.45) is 6.95. The van der Waals surface area contributed by atoms with E-state index in [1.807, 2.05) is 18.2 Å². The van der Waals surface area contributed by atoms with Crippen molar-refractivity contribution in [1.29, 1.82) is 0 Å². The molecule has 0 bridgehead atoms. The van der Waals surface area contributed by atoms with Gasteiger partial charge in [-0.25, -0.2) is 4.68 Å². The first kappa shape index (κ1) is 20.5. The van der Waals surface area contributed by atoms with Crippen molar-refractivity contribution in [3.8, 4) is 16.9 Å². The zero-order valence-corrected chi connectivity index (χ0v) is 18.5. The standard InChI is InChI=1S/C24H28ClN3S/c1-2-3-7-14-27-15-16-29-23(27)17-20-18-26-28(22-8-5-4-6-9-22)24(20)19-10-12-21(25)13-11-19/h4-6,8-13,18,23H,2-3,7,14-17H2,1H3. The smallest absolute Gasteiger partial charge is 0.0773 e. The number of benzene rings is 2. The molecular formula is C24H28ClN3S. The van der Waals surface area contributed by atoms with Crippen LogP contribution >= 0.6 is 23.4 Å². The SMILES string of the molecule is CCCCCN1CCSC1Cc1cnn(-c2ccccc2)c1-c1ccc(Cl)cc1. The van der Waals surface area contributed by atoms with Crippen LogP contribution in [-0.4, -0.2) is 38.9 Å². The number of thioether (sulfide) groups is 1. The van der Waals surface area contributed by atoms with Gasteiger partial charge in [0, 0.05) is 34.9 Å². The Labute approximate surface area is 183 Å². The minimum atomic E-state index is 0.534. The first-order valence-corrected chi connectivity index (χ1v) is 11.9. The highest BCUT2D eigenvalue weighted by Gasteiger charge is 2.27. The van der Waals surface area contributed by atoms with Crippen LogP contribution in [0.1, 0.15) is 31.7 Å². The van der Waals surface area contributed by atoms with Gasteiger partial charge in [-0.05, 0) is 37.2 Å². The maximum absolute atomic E-state index is 6.15. The van der Waals surface area contributed by atoms with Crippen molar-refractivity contribution in [1.82, 2.24) is 14.7 Å². The molecule has 0 saturated carbocycles. The monoisotopic (exact) mass is 425 g/mol. The normalized spacial score (nSPS) is 17.1. The number of hydrogen-bond donors (Lipinski definition) is 0. The van der Waals surface area contributed by atoms with Gasteiger partial charge in [0.15, 0.2) is 0 Å². The molecule has 5 heteroatoms. The fourth-order valence-corrected chi connectivity index (χ4v) is 5.42. The van der Waals surface area contributed by atoms with E-state index in [1.165, 1.54) is 49.4 Å². The molecule has 1 aliphatic rings. The Balaban J connectivity index is 1.65. The zero-order chi connectivity index (χ0) is 20.1. The van der Waals surface area contributed by atoms with Gasteiger partial charge in [-0.15, -0.1) is 11.8 Å². The molecule has 1 atom stereocenters. The second kappa shape index (κ2) is 9.84. The predicted molar refractivity (Wildman–Crippen MR) is 125 cm³/mol. The third-order valence-electron chi connectivity index (χ3n) is 5.50. The summed E-state index contributed by atoms with van der Waals surface area (Å²) in [5.74, 6) is 1.22. The largest absolute Gasteiger partial charge is 0.290 e. The van der Waals surface area contributed by atoms with E-state index in [9.17, 15) is 0 Å². The van der Waals surface area contributed by atoms with Crippen molar-refractivity contribution >= 4 is 23.4 Å². The Hall–Kier alpha value is -1.75. The molecule has 3 aromatic rings. The molecule has 0 aliphatic carbocycles. The number of aromatic nitrogens is 2. The highest BCUT2D eigenvalue weighted by molar-refractivity contribution is 8.00. The average Bonchev–Trinajstić information content (AvgIpc) is 3.37. The van der Waals surface area contributed by atoms with E-state index in [0.29, 0.717) is 5.37 Å². The molecule has 1 unspecified atom stereocenters. The zero-order valence-electron chi connectivity index (χ0n) is 16.9. The highest BCUT2D eigenvalue weighted by atomic mass is 35.5. The molecule has 0 amide bonds. The van der Waals surface area contributed by atoms with Gasteiger partial charge in [-0.3, -0.25) is 4.90 Å². The average molecular weight is 426 g/mol. The van der Waals surface area contributed by atoms with Crippen molar-refractivity contribution < 1.29 is 0 Å². The number of rotatable bonds is 8. The predicted octanol–water partition coefficient (Wildman–Crippen LogP) is 6.30. The van der Waals surface area contributed by atoms with Crippen molar-refractivity contribution in [2.45, 2.75) is 38.0 Å². The van der Waals surface area contributed by atoms with Crippen LogP contribution in [0.3, 0.4) is 0 Å². The molecule has 3 nitrogen and oxygen atoms in total. The van der Waals surface area contributed by atoms with Crippen LogP contribution < -0.4 is 0 Å². The fourth-order valence-electron chi connectivity index (χ4n) is 3.96. The molecule has 2 aromatic carbocycles. The van der Waals surface area contributed by atoms with Gasteiger partial charge in [0.1, 0.15) is 0 Å². The number of hydrogen-bond acceptors (Lipinski definition) is 3. The number of nitrogens with zero attached hydrogens (tertiary/aromatic N) is 3. The Kier molecular flexibility index (Phi) is 6.96. The molecule has 0 radical (unpaired) electrons. The molecule has 29 heavy (non-hydrogen) atoms. The quantitative estimate of drug-likeness (QED) is 0.395. The van der Waals surface area contributed by atoms with Crippen LogP contribution in [0, 0.1) is 0 Å². The molecule has 1 saturated heterocycles. The molecular weight excluding hydrogens is 398 g/mol. The lowest BCUT2D eigenvalue weighted by Gasteiger charge is -2.23. The molecule has 4 rings (SSSR count). The van der Waals surface area contributed by atoms with Crippen molar-refractivity contribution in [3.05, 3.63) is 71.4 Å². The van der Waals surface area contributed by atoms with E-state index >= 15 is 0 Å². The van der Waals surface area contributed by atoms with Crippen molar-refractivity contribution in [2.24, 2.45) is 0 Å². The second-order valence-electron chi connectivity index (χ2n) is 7.55. The van der Waals surface area contributed by atoms with Crippen LogP contribution in [0.25, 0.3) is 16.9 Å². The summed E-state index contributed by atoms with van der Waals surface area (Å²) in [7, 11) is 0. The third kappa shape index (κ3) is 4.88. The van der Waals surface area contributed by atoms with Crippen LogP contribution in [0.2, 0.25) is 5.02 Å². The Morgan fingerprint density at radius 2 is 1.86 bits per heavy atom. The molecule has 1 fully saturated rings. The van der Waals surface area contributed by atoms with Crippen molar-refractivity contribution in [3.63, 3.8) is 0 Å². The van der Waals surface area contributed by atoms with E-state index in [4.69, 9.17) is 16.7 Å². The lowest BCUT2D eigenvalue weighted by atomic mass is 10.0. The minimum Gasteiger partial charge on any atom is -0.290 e. The summed E-state index contributed by atoms with van der Waals surface area (Å²) in [6, 6.07) is 18.5. The van der Waals surface area contributed by atoms with E-state index in [0.717, 1.165) is 22.7 Å². The minimum absolute atomic E-state index is 0.534. The Bertz CT molecular complexity index is 908. The Morgan fingerprint density at radius 1 is 1.07 bits per heavy atom. The number of halogens is 1. The lowest BCUT2D eigenvalue weighted by Crippen LogP contribution is -2.31. The number of unbranched alkanes of at least 4 members (excludes halogenated alkanes) is 2. The lowest BCUT2D eigenvalue weighted by molar-refractivity contribution is 0.279. The number of para-hydroxylation sites is 1. The highest BCUT2D eigenvalue weighted by Crippen LogP contribution is 2.33. The summed E-state index contributed by atoms with van der Waals surface area (Å²) in [5, 5.41) is 6.08. The van der Waals surface area contributed by atoms with Gasteiger partial charge in [0.05, 0.1) is 23.0 Å². The molecule has 152 valence electrons. The van der Waals surface area contributed by atoms with Gasteiger partial charge in [0.2, 0.25) is 0 Å². The maximum atomic E-state index is 6.15. The van der Waals surface area contributed by atoms with Gasteiger partial charge >= 0.3 is 0 Å². The molecule has 2 heterocycles. The van der Waals surface area contributed by atoms with Crippen LogP contribution in [0.5, 0.6) is 0 Å². The first-order valence-electron chi connectivity index (χ1n) is 10.5. The van der Waals surface area contributed by atoms with Crippen LogP contribution in [-0.2, 0) is 6.42 Å². The Morgan fingerprint density at radius 3 is 2.62 bits per heavy atom. The van der Waals surface area contributed by atoms with E-state index in [2.05, 4.69) is 70.9 Å². The van der Waals surface area contributed by atoms with Gasteiger partial charge < -0.3 is 0 Å². The van der Waals surface area contributed by atoms with E-state index in [-0.39, 0.29) is 0 Å². The summed E-state index contributed by atoms with van der Waals surface area (Å²) < 4.78 is 2.07. The van der Waals surface area contributed by atoms with Gasteiger partial charge in [0.25, 0.3) is 0 Å². The van der Waals surface area contributed by atoms with Gasteiger partial charge in [-0.2, -0.15) is 5.10 Å². The summed E-state index contributed by atoms with van der Waals surface area (Å²) in [5.41, 5.74) is 4.72. The van der Waals surface area contributed by atoms with Gasteiger partial charge in [-0.1, -0.05) is 61.7 Å². The van der Waals surface area contributed by atoms with Crippen molar-refractivity contribution in [2.75, 3.05) is 18.8 Å². The molecule has 1 aromatic heterocycles. The molecule has 0 N–H and O–H groups in total. The molecule has 0 spiro atoms. The van der Waals surface area contributed by atoms with Crippen LogP contribution in [0.15, 0.2) is 60.8 Å². The topological polar surface area (TPSA) is 21.1 Å². The van der Waals surface area contributed by atoms with E-state index in [1.54, 1.807) is 0 Å². The first-order chi connectivity index (χ1) is 14.3. The third-order valence-corrected chi connectivity index (χ3v) is 7.02. The molecule has 1 aliphatic heterocycles. The van der Waals surface area contributed by atoms with E-state index < -0.39 is 0 Å². The van der Waals surface area contributed by atoms with Crippen LogP contribution in [0.4, 0.5) is 0 Å². The summed E-state index contributed by atoms with van der Waals surface area (Å²) >= 11 is 8.24. The second-order valence-corrected chi connectivity index (χ2v) is 9.27. The maximum Gasteiger partial charge on any atom is 0.0773 e.